The van der Waals surface area contributed by atoms with Gasteiger partial charge in [-0.3, -0.25) is 9.78 Å². The van der Waals surface area contributed by atoms with Crippen LogP contribution in [0.15, 0.2) is 60.4 Å². The van der Waals surface area contributed by atoms with Gasteiger partial charge in [-0.2, -0.15) is 0 Å². The molecule has 0 saturated heterocycles. The molecule has 1 N–H and O–H groups in total. The summed E-state index contributed by atoms with van der Waals surface area (Å²) in [6, 6.07) is 21.1. The molecule has 1 radical (unpaired) electrons. The number of rotatable bonds is 8. The third-order valence-electron chi connectivity index (χ3n) is 13.7. The van der Waals surface area contributed by atoms with Crippen LogP contribution in [-0.4, -0.2) is 15.9 Å². The molecule has 54 heavy (non-hydrogen) atoms. The second-order valence-electron chi connectivity index (χ2n) is 18.3. The number of ether oxygens (including phenoxy) is 1. The van der Waals surface area contributed by atoms with Gasteiger partial charge in [0.05, 0.1) is 5.52 Å². The van der Waals surface area contributed by atoms with E-state index in [1.807, 2.05) is 19.9 Å². The quantitative estimate of drug-likeness (QED) is 0.109. The molecule has 2 aliphatic rings. The van der Waals surface area contributed by atoms with Crippen molar-refractivity contribution in [1.82, 2.24) is 4.98 Å². The number of fused-ring (bicyclic) bond motifs is 6. The molecule has 1 aliphatic heterocycles. The first-order valence-electron chi connectivity index (χ1n) is 19.7. The third kappa shape index (κ3) is 7.25. The average Bonchev–Trinajstić information content (AvgIpc) is 3.55. The van der Waals surface area contributed by atoms with Crippen LogP contribution in [0.4, 0.5) is 0 Å². The van der Waals surface area contributed by atoms with Gasteiger partial charge in [0.2, 0.25) is 0 Å². The normalized spacial score (nSPS) is 17.6. The number of allylic oxidation sites excluding steroid dienone is 2. The number of aliphatic hydroxyl groups excluding tert-OH is 1. The Morgan fingerprint density at radius 2 is 1.39 bits per heavy atom. The minimum absolute atomic E-state index is 0. The predicted octanol–water partition coefficient (Wildman–Crippen LogP) is 13.1. The van der Waals surface area contributed by atoms with Crippen molar-refractivity contribution in [3.05, 3.63) is 105 Å². The Hall–Kier alpha value is -3.27. The second-order valence-corrected chi connectivity index (χ2v) is 18.3. The maximum Gasteiger partial charge on any atom is 0.165 e. The number of hydrogen-bond donors (Lipinski definition) is 1. The van der Waals surface area contributed by atoms with E-state index in [0.29, 0.717) is 5.92 Å². The Labute approximate surface area is 340 Å². The number of nitrogens with zero attached hydrogens (tertiary/aromatic N) is 1. The molecule has 2 unspecified atom stereocenters. The molecule has 0 bridgehead atoms. The maximum atomic E-state index is 12.8. The molecule has 0 amide bonds. The van der Waals surface area contributed by atoms with Crippen LogP contribution >= 0.6 is 0 Å². The van der Waals surface area contributed by atoms with E-state index in [0.717, 1.165) is 22.5 Å². The first kappa shape index (κ1) is 43.5. The topological polar surface area (TPSA) is 59.4 Å². The minimum atomic E-state index is -0.442. The molecule has 2 atom stereocenters. The van der Waals surface area contributed by atoms with Gasteiger partial charge in [-0.1, -0.05) is 118 Å². The largest absolute Gasteiger partial charge is 0.512 e. The van der Waals surface area contributed by atoms with E-state index in [1.54, 1.807) is 0 Å². The van der Waals surface area contributed by atoms with E-state index in [4.69, 9.17) is 9.72 Å². The Balaban J connectivity index is 0.000000261. The van der Waals surface area contributed by atoms with E-state index < -0.39 is 5.41 Å². The summed E-state index contributed by atoms with van der Waals surface area (Å²) in [5, 5.41) is 11.9. The fourth-order valence-electron chi connectivity index (χ4n) is 9.24. The van der Waals surface area contributed by atoms with Crippen LogP contribution < -0.4 is 4.74 Å². The molecule has 293 valence electrons. The summed E-state index contributed by atoms with van der Waals surface area (Å²) in [6.07, 6.45) is 1.55. The number of carbonyl (C=O) groups is 1. The fraction of sp³-hybridized carbons (Fsp3) is 0.510. The van der Waals surface area contributed by atoms with Crippen molar-refractivity contribution in [3.63, 3.8) is 0 Å². The standard InChI is InChI=1S/C30H28NO.C19H36O2.Ir/c1-16-10-11-25-22(13-16)28-29(32-25)21-9-7-8-20(27(21)30(28,5)6)23-15-19(4)26-18(3)12-17(2)14-24(26)31-23;1-12(2)18(9,13(3)4)16(20)11-17(21)19(10,14(5)6)15(7)8;/h7,9-15,28-29H,1-6H3;11-15,20H,1-10H3;/q-1;;/b;16-11-;. The molecule has 0 fully saturated rings. The molecule has 2 heterocycles. The first-order chi connectivity index (χ1) is 24.6. The zero-order chi connectivity index (χ0) is 39.5. The van der Waals surface area contributed by atoms with E-state index >= 15 is 0 Å². The molecule has 4 aromatic rings. The van der Waals surface area contributed by atoms with Gasteiger partial charge in [-0.25, -0.2) is 0 Å². The monoisotopic (exact) mass is 907 g/mol. The average molecular weight is 907 g/mol. The third-order valence-corrected chi connectivity index (χ3v) is 13.7. The van der Waals surface area contributed by atoms with E-state index in [9.17, 15) is 9.90 Å². The number of aliphatic hydroxyl groups is 1. The van der Waals surface area contributed by atoms with Gasteiger partial charge in [0, 0.05) is 53.9 Å². The Morgan fingerprint density at radius 3 is 1.96 bits per heavy atom. The summed E-state index contributed by atoms with van der Waals surface area (Å²) in [5.41, 5.74) is 11.3. The summed E-state index contributed by atoms with van der Waals surface area (Å²) in [7, 11) is 0. The molecular weight excluding hydrogens is 843 g/mol. The van der Waals surface area contributed by atoms with Crippen molar-refractivity contribution in [3.8, 4) is 17.0 Å². The van der Waals surface area contributed by atoms with Crippen molar-refractivity contribution >= 4 is 16.7 Å². The zero-order valence-electron chi connectivity index (χ0n) is 35.7. The number of benzene rings is 3. The van der Waals surface area contributed by atoms with Crippen LogP contribution in [-0.2, 0) is 30.3 Å². The van der Waals surface area contributed by atoms with Crippen molar-refractivity contribution in [1.29, 1.82) is 0 Å². The maximum absolute atomic E-state index is 12.8. The number of carbonyl (C=O) groups excluding carboxylic acids is 1. The summed E-state index contributed by atoms with van der Waals surface area (Å²) >= 11 is 0. The Morgan fingerprint density at radius 1 is 0.815 bits per heavy atom. The van der Waals surface area contributed by atoms with Crippen LogP contribution in [0.3, 0.4) is 0 Å². The number of aromatic nitrogens is 1. The number of aryl methyl sites for hydroxylation is 4. The molecule has 0 saturated carbocycles. The van der Waals surface area contributed by atoms with Crippen LogP contribution in [0.5, 0.6) is 5.75 Å². The number of ketones is 1. The van der Waals surface area contributed by atoms with Crippen molar-refractivity contribution in [2.24, 2.45) is 34.5 Å². The van der Waals surface area contributed by atoms with Gasteiger partial charge in [0.1, 0.15) is 17.6 Å². The summed E-state index contributed by atoms with van der Waals surface area (Å²) in [5.74, 6) is 2.61. The molecule has 5 heteroatoms. The molecule has 1 aromatic heterocycles. The summed E-state index contributed by atoms with van der Waals surface area (Å²) in [4.78, 5) is 18.0. The second kappa shape index (κ2) is 15.7. The van der Waals surface area contributed by atoms with Crippen LogP contribution in [0, 0.1) is 68.3 Å². The van der Waals surface area contributed by atoms with Crippen LogP contribution in [0.25, 0.3) is 22.2 Å². The molecular formula is C49H64IrNO3-. The molecule has 0 spiro atoms. The van der Waals surface area contributed by atoms with Gasteiger partial charge in [0.25, 0.3) is 0 Å². The van der Waals surface area contributed by atoms with Crippen LogP contribution in [0.1, 0.15) is 134 Å². The number of hydrogen-bond acceptors (Lipinski definition) is 4. The van der Waals surface area contributed by atoms with Gasteiger partial charge >= 0.3 is 0 Å². The Bertz CT molecular complexity index is 2050. The van der Waals surface area contributed by atoms with Gasteiger partial charge in [-0.05, 0) is 91.3 Å². The molecule has 6 rings (SSSR count). The van der Waals surface area contributed by atoms with E-state index in [2.05, 4.69) is 145 Å². The van der Waals surface area contributed by atoms with Gasteiger partial charge in [-0.15, -0.1) is 29.3 Å². The molecule has 3 aromatic carbocycles. The van der Waals surface area contributed by atoms with Crippen molar-refractivity contribution < 1.29 is 34.7 Å². The number of pyridine rings is 1. The van der Waals surface area contributed by atoms with E-state index in [1.165, 1.54) is 50.4 Å². The van der Waals surface area contributed by atoms with Crippen LogP contribution in [0.2, 0.25) is 0 Å². The summed E-state index contributed by atoms with van der Waals surface area (Å²) in [6.45, 7) is 34.1. The molecule has 1 aliphatic carbocycles. The van der Waals surface area contributed by atoms with Gasteiger partial charge < -0.3 is 9.84 Å². The van der Waals surface area contributed by atoms with Crippen molar-refractivity contribution in [2.45, 2.75) is 128 Å². The predicted molar refractivity (Wildman–Crippen MR) is 222 cm³/mol. The van der Waals surface area contributed by atoms with Crippen molar-refractivity contribution in [2.75, 3.05) is 0 Å². The SMILES string of the molecule is CC(C)C(C)(C(=O)/C=C(\O)C(C)(C(C)C)C(C)C)C(C)C.Cc1ccc2c(c1)C1C(O2)c2cc[c-]c(-c3cc(C)c4c(C)cc(C)cc4n3)c2C1(C)C.[Ir]. The summed E-state index contributed by atoms with van der Waals surface area (Å²) < 4.78 is 6.53. The first-order valence-corrected chi connectivity index (χ1v) is 19.7. The molecule has 4 nitrogen and oxygen atoms in total. The van der Waals surface area contributed by atoms with Gasteiger partial charge in [0.15, 0.2) is 5.78 Å². The Kier molecular flexibility index (Phi) is 12.6. The van der Waals surface area contributed by atoms with E-state index in [-0.39, 0.29) is 72.3 Å². The fourth-order valence-corrected chi connectivity index (χ4v) is 9.24. The smallest absolute Gasteiger partial charge is 0.165 e. The zero-order valence-corrected chi connectivity index (χ0v) is 38.1. The minimum Gasteiger partial charge on any atom is -0.512 e.